The van der Waals surface area contributed by atoms with Crippen LogP contribution in [0.5, 0.6) is 5.75 Å². The normalized spacial score (nSPS) is 14.5. The molecule has 0 fully saturated rings. The first-order valence-electron chi connectivity index (χ1n) is 9.39. The van der Waals surface area contributed by atoms with Crippen molar-refractivity contribution in [3.8, 4) is 5.75 Å². The zero-order chi connectivity index (χ0) is 21.7. The van der Waals surface area contributed by atoms with E-state index in [2.05, 4.69) is 62.4 Å². The van der Waals surface area contributed by atoms with Gasteiger partial charge in [0.25, 0.3) is 0 Å². The van der Waals surface area contributed by atoms with E-state index in [9.17, 15) is 9.59 Å². The highest BCUT2D eigenvalue weighted by molar-refractivity contribution is 14.1. The van der Waals surface area contributed by atoms with Gasteiger partial charge in [-0.05, 0) is 99.6 Å². The summed E-state index contributed by atoms with van der Waals surface area (Å²) in [5, 5.41) is 2.69. The molecule has 0 aromatic heterocycles. The Kier molecular flexibility index (Phi) is 7.87. The highest BCUT2D eigenvalue weighted by Gasteiger charge is 2.24. The monoisotopic (exact) mass is 630 g/mol. The van der Waals surface area contributed by atoms with Gasteiger partial charge in [0.2, 0.25) is 11.8 Å². The first-order valence-corrected chi connectivity index (χ1v) is 11.6. The number of unbranched alkanes of at least 4 members (excludes halogenated alkanes) is 1. The van der Waals surface area contributed by atoms with Crippen LogP contribution in [0.1, 0.15) is 37.8 Å². The van der Waals surface area contributed by atoms with E-state index >= 15 is 0 Å². The van der Waals surface area contributed by atoms with Gasteiger partial charge in [0.15, 0.2) is 5.70 Å². The number of hydrogen-bond acceptors (Lipinski definition) is 5. The molecule has 6 nitrogen and oxygen atoms in total. The van der Waals surface area contributed by atoms with Gasteiger partial charge in [0.05, 0.1) is 13.7 Å². The number of hydrogen-bond donors (Lipinski definition) is 1. The summed E-state index contributed by atoms with van der Waals surface area (Å²) in [4.78, 5) is 27.8. The fourth-order valence-corrected chi connectivity index (χ4v) is 4.84. The van der Waals surface area contributed by atoms with Crippen molar-refractivity contribution in [2.45, 2.75) is 26.7 Å². The molecule has 0 saturated carbocycles. The lowest BCUT2D eigenvalue weighted by Gasteiger charge is -2.11. The predicted molar refractivity (Wildman–Crippen MR) is 134 cm³/mol. The number of nitrogens with one attached hydrogen (secondary N) is 1. The molecule has 3 rings (SSSR count). The summed E-state index contributed by atoms with van der Waals surface area (Å²) in [5.41, 5.74) is 2.41. The Morgan fingerprint density at radius 1 is 1.20 bits per heavy atom. The molecule has 1 aliphatic heterocycles. The Balaban J connectivity index is 1.81. The molecule has 30 heavy (non-hydrogen) atoms. The molecule has 1 N–H and O–H groups in total. The predicted octanol–water partition coefficient (Wildman–Crippen LogP) is 5.38. The van der Waals surface area contributed by atoms with Crippen LogP contribution in [0.4, 0.5) is 5.69 Å². The van der Waals surface area contributed by atoms with E-state index in [1.54, 1.807) is 30.3 Å². The van der Waals surface area contributed by atoms with Crippen molar-refractivity contribution in [2.24, 2.45) is 4.99 Å². The SMILES string of the molecule is CCCCOc1c(I)cc(/C=C2\N=C(c3ccc(NC(C)=O)cc3)OC2=O)cc1I. The molecular formula is C22H20I2N2O4. The maximum absolute atomic E-state index is 12.3. The van der Waals surface area contributed by atoms with E-state index in [1.165, 1.54) is 6.92 Å². The van der Waals surface area contributed by atoms with Crippen molar-refractivity contribution in [3.05, 3.63) is 60.4 Å². The maximum Gasteiger partial charge on any atom is 0.363 e. The molecule has 0 spiro atoms. The van der Waals surface area contributed by atoms with Crippen LogP contribution in [0.3, 0.4) is 0 Å². The zero-order valence-electron chi connectivity index (χ0n) is 16.5. The van der Waals surface area contributed by atoms with Crippen LogP contribution in [-0.4, -0.2) is 24.4 Å². The second-order valence-corrected chi connectivity index (χ2v) is 8.93. The molecule has 1 heterocycles. The zero-order valence-corrected chi connectivity index (χ0v) is 20.8. The number of cyclic esters (lactones) is 1. The van der Waals surface area contributed by atoms with Gasteiger partial charge in [-0.2, -0.15) is 0 Å². The average Bonchev–Trinajstić information content (AvgIpc) is 3.04. The van der Waals surface area contributed by atoms with Gasteiger partial charge >= 0.3 is 5.97 Å². The van der Waals surface area contributed by atoms with Crippen molar-refractivity contribution in [1.82, 2.24) is 0 Å². The molecule has 2 aromatic rings. The topological polar surface area (TPSA) is 77.0 Å². The Hall–Kier alpha value is -1.95. The third kappa shape index (κ3) is 5.81. The van der Waals surface area contributed by atoms with Crippen LogP contribution >= 0.6 is 45.2 Å². The molecule has 0 saturated heterocycles. The number of ether oxygens (including phenoxy) is 2. The number of benzene rings is 2. The quantitative estimate of drug-likeness (QED) is 0.193. The standard InChI is InChI=1S/C22H20I2N2O4/c1-3-4-9-29-20-17(23)10-14(11-18(20)24)12-19-22(28)30-21(26-19)15-5-7-16(8-6-15)25-13(2)27/h5-8,10-12H,3-4,9H2,1-2H3,(H,25,27)/b19-12-. The fraction of sp³-hybridized carbons (Fsp3) is 0.227. The molecule has 2 aromatic carbocycles. The average molecular weight is 630 g/mol. The molecular weight excluding hydrogens is 610 g/mol. The number of nitrogens with zero attached hydrogens (tertiary/aromatic N) is 1. The maximum atomic E-state index is 12.3. The third-order valence-electron chi connectivity index (χ3n) is 4.14. The van der Waals surface area contributed by atoms with Crippen molar-refractivity contribution < 1.29 is 19.1 Å². The smallest absolute Gasteiger partial charge is 0.363 e. The summed E-state index contributed by atoms with van der Waals surface area (Å²) in [6.45, 7) is 4.26. The van der Waals surface area contributed by atoms with E-state index in [0.717, 1.165) is 31.3 Å². The van der Waals surface area contributed by atoms with Crippen molar-refractivity contribution >= 4 is 74.7 Å². The largest absolute Gasteiger partial charge is 0.491 e. The number of amides is 1. The van der Waals surface area contributed by atoms with Gasteiger partial charge in [0.1, 0.15) is 5.75 Å². The van der Waals surface area contributed by atoms with E-state index < -0.39 is 5.97 Å². The Bertz CT molecular complexity index is 1010. The van der Waals surface area contributed by atoms with Crippen LogP contribution in [0.25, 0.3) is 6.08 Å². The van der Waals surface area contributed by atoms with Crippen molar-refractivity contribution in [3.63, 3.8) is 0 Å². The minimum absolute atomic E-state index is 0.149. The lowest BCUT2D eigenvalue weighted by atomic mass is 10.2. The molecule has 156 valence electrons. The summed E-state index contributed by atoms with van der Waals surface area (Å²) in [7, 11) is 0. The van der Waals surface area contributed by atoms with E-state index in [-0.39, 0.29) is 17.5 Å². The molecule has 0 aliphatic carbocycles. The summed E-state index contributed by atoms with van der Waals surface area (Å²) in [5.74, 6) is 0.460. The number of carbonyl (C=O) groups is 2. The van der Waals surface area contributed by atoms with E-state index in [1.807, 2.05) is 12.1 Å². The number of rotatable bonds is 7. The van der Waals surface area contributed by atoms with Crippen molar-refractivity contribution in [2.75, 3.05) is 11.9 Å². The van der Waals surface area contributed by atoms with Gasteiger partial charge in [-0.3, -0.25) is 4.79 Å². The summed E-state index contributed by atoms with van der Waals surface area (Å²) in [6.07, 6.45) is 3.80. The van der Waals surface area contributed by atoms with Crippen molar-refractivity contribution in [1.29, 1.82) is 0 Å². The van der Waals surface area contributed by atoms with Crippen LogP contribution < -0.4 is 10.1 Å². The first-order chi connectivity index (χ1) is 14.4. The van der Waals surface area contributed by atoms with E-state index in [4.69, 9.17) is 9.47 Å². The number of anilines is 1. The molecule has 0 atom stereocenters. The first kappa shape index (κ1) is 22.7. The highest BCUT2D eigenvalue weighted by Crippen LogP contribution is 2.31. The molecule has 1 amide bonds. The van der Waals surface area contributed by atoms with E-state index in [0.29, 0.717) is 17.9 Å². The Morgan fingerprint density at radius 3 is 2.47 bits per heavy atom. The third-order valence-corrected chi connectivity index (χ3v) is 5.74. The molecule has 0 unspecified atom stereocenters. The molecule has 0 radical (unpaired) electrons. The lowest BCUT2D eigenvalue weighted by Crippen LogP contribution is -2.07. The molecule has 1 aliphatic rings. The minimum Gasteiger partial charge on any atom is -0.491 e. The number of halogens is 2. The van der Waals surface area contributed by atoms with Crippen LogP contribution in [0.2, 0.25) is 0 Å². The van der Waals surface area contributed by atoms with Crippen LogP contribution in [0.15, 0.2) is 47.1 Å². The second-order valence-electron chi connectivity index (χ2n) is 6.61. The molecule has 0 bridgehead atoms. The Morgan fingerprint density at radius 2 is 1.87 bits per heavy atom. The number of aliphatic imine (C=N–C) groups is 1. The van der Waals surface area contributed by atoms with Gasteiger partial charge in [0, 0.05) is 18.2 Å². The Labute approximate surface area is 202 Å². The van der Waals surface area contributed by atoms with Gasteiger partial charge < -0.3 is 14.8 Å². The molecule has 8 heteroatoms. The summed E-state index contributed by atoms with van der Waals surface area (Å²) >= 11 is 4.48. The van der Waals surface area contributed by atoms with Gasteiger partial charge in [-0.15, -0.1) is 0 Å². The van der Waals surface area contributed by atoms with Crippen LogP contribution in [-0.2, 0) is 14.3 Å². The second kappa shape index (κ2) is 10.4. The van der Waals surface area contributed by atoms with Crippen LogP contribution in [0, 0.1) is 7.14 Å². The summed E-state index contributed by atoms with van der Waals surface area (Å²) in [6, 6.07) is 10.9. The summed E-state index contributed by atoms with van der Waals surface area (Å²) < 4.78 is 13.2. The number of esters is 1. The van der Waals surface area contributed by atoms with Gasteiger partial charge in [-0.1, -0.05) is 13.3 Å². The minimum atomic E-state index is -0.496. The van der Waals surface area contributed by atoms with Gasteiger partial charge in [-0.25, -0.2) is 9.79 Å². The highest BCUT2D eigenvalue weighted by atomic mass is 127. The number of carbonyl (C=O) groups excluding carboxylic acids is 2. The lowest BCUT2D eigenvalue weighted by molar-refractivity contribution is -0.129. The fourth-order valence-electron chi connectivity index (χ4n) is 2.71.